The van der Waals surface area contributed by atoms with E-state index in [0.717, 1.165) is 11.3 Å². The molecule has 5 nitrogen and oxygen atoms in total. The molecule has 0 aliphatic rings. The molecule has 0 atom stereocenters. The van der Waals surface area contributed by atoms with Crippen molar-refractivity contribution in [3.05, 3.63) is 29.6 Å². The molecule has 110 valence electrons. The van der Waals surface area contributed by atoms with Gasteiger partial charge in [-0.2, -0.15) is 0 Å². The topological polar surface area (TPSA) is 68.3 Å². The molecule has 0 aromatic carbocycles. The molecule has 20 heavy (non-hydrogen) atoms. The van der Waals surface area contributed by atoms with E-state index in [1.807, 2.05) is 19.1 Å². The number of hydrogen-bond donors (Lipinski definition) is 1. The lowest BCUT2D eigenvalue weighted by atomic mass is 10.2. The first-order chi connectivity index (χ1) is 9.26. The van der Waals surface area contributed by atoms with Crippen LogP contribution in [0.2, 0.25) is 0 Å². The van der Waals surface area contributed by atoms with Crippen molar-refractivity contribution in [2.75, 3.05) is 0 Å². The van der Waals surface area contributed by atoms with Gasteiger partial charge in [0.1, 0.15) is 5.60 Å². The highest BCUT2D eigenvalue weighted by Crippen LogP contribution is 2.09. The molecule has 0 bridgehead atoms. The van der Waals surface area contributed by atoms with Crippen molar-refractivity contribution < 1.29 is 14.3 Å². The fourth-order valence-corrected chi connectivity index (χ4v) is 1.50. The van der Waals surface area contributed by atoms with Gasteiger partial charge in [-0.3, -0.25) is 14.6 Å². The first-order valence-electron chi connectivity index (χ1n) is 6.66. The number of carbonyl (C=O) groups is 2. The van der Waals surface area contributed by atoms with Crippen LogP contribution in [-0.2, 0) is 20.9 Å². The van der Waals surface area contributed by atoms with Crippen LogP contribution in [0.3, 0.4) is 0 Å². The summed E-state index contributed by atoms with van der Waals surface area (Å²) in [5, 5.41) is 2.75. The zero-order valence-corrected chi connectivity index (χ0v) is 12.5. The van der Waals surface area contributed by atoms with Crippen LogP contribution in [-0.4, -0.2) is 22.5 Å². The monoisotopic (exact) mass is 278 g/mol. The zero-order chi connectivity index (χ0) is 15.2. The number of amides is 1. The number of pyridine rings is 1. The first-order valence-corrected chi connectivity index (χ1v) is 6.66. The van der Waals surface area contributed by atoms with Gasteiger partial charge in [0.25, 0.3) is 0 Å². The Morgan fingerprint density at radius 1 is 1.25 bits per heavy atom. The Kier molecular flexibility index (Phi) is 5.67. The van der Waals surface area contributed by atoms with Gasteiger partial charge in [0, 0.05) is 24.9 Å². The van der Waals surface area contributed by atoms with Crippen LogP contribution in [0.4, 0.5) is 0 Å². The van der Waals surface area contributed by atoms with Gasteiger partial charge < -0.3 is 10.1 Å². The number of aryl methyl sites for hydroxylation is 1. The van der Waals surface area contributed by atoms with Gasteiger partial charge in [0.05, 0.1) is 6.42 Å². The lowest BCUT2D eigenvalue weighted by molar-refractivity contribution is -0.155. The van der Waals surface area contributed by atoms with Crippen LogP contribution in [0.25, 0.3) is 0 Å². The quantitative estimate of drug-likeness (QED) is 0.838. The van der Waals surface area contributed by atoms with Gasteiger partial charge in [-0.1, -0.05) is 6.07 Å². The summed E-state index contributed by atoms with van der Waals surface area (Å²) in [6.45, 7) is 7.73. The van der Waals surface area contributed by atoms with Gasteiger partial charge in [-0.25, -0.2) is 0 Å². The van der Waals surface area contributed by atoms with E-state index in [0.29, 0.717) is 6.54 Å². The lowest BCUT2D eigenvalue weighted by Gasteiger charge is -2.19. The van der Waals surface area contributed by atoms with E-state index in [9.17, 15) is 9.59 Å². The van der Waals surface area contributed by atoms with Crippen molar-refractivity contribution in [3.8, 4) is 0 Å². The van der Waals surface area contributed by atoms with E-state index >= 15 is 0 Å². The van der Waals surface area contributed by atoms with E-state index in [-0.39, 0.29) is 24.7 Å². The minimum absolute atomic E-state index is 0.0925. The lowest BCUT2D eigenvalue weighted by Crippen LogP contribution is -2.27. The Morgan fingerprint density at radius 2 is 1.95 bits per heavy atom. The largest absolute Gasteiger partial charge is 0.460 e. The number of nitrogens with zero attached hydrogens (tertiary/aromatic N) is 1. The summed E-state index contributed by atoms with van der Waals surface area (Å²) in [6.07, 6.45) is 1.95. The predicted molar refractivity (Wildman–Crippen MR) is 75.9 cm³/mol. The second-order valence-corrected chi connectivity index (χ2v) is 5.67. The van der Waals surface area contributed by atoms with Crippen LogP contribution in [0.15, 0.2) is 18.3 Å². The standard InChI is InChI=1S/C15H22N2O3/c1-11-5-6-12(9-16-11)10-17-13(18)7-8-14(19)20-15(2,3)4/h5-6,9H,7-8,10H2,1-4H3,(H,17,18). The highest BCUT2D eigenvalue weighted by Gasteiger charge is 2.16. The third-order valence-corrected chi connectivity index (χ3v) is 2.44. The van der Waals surface area contributed by atoms with E-state index < -0.39 is 5.60 Å². The second kappa shape index (κ2) is 7.03. The number of nitrogens with one attached hydrogen (secondary N) is 1. The molecule has 0 aliphatic carbocycles. The summed E-state index contributed by atoms with van der Waals surface area (Å²) in [7, 11) is 0. The maximum Gasteiger partial charge on any atom is 0.306 e. The molecule has 0 saturated carbocycles. The summed E-state index contributed by atoms with van der Waals surface area (Å²) in [6, 6.07) is 3.80. The molecule has 1 aromatic rings. The molecule has 1 N–H and O–H groups in total. The SMILES string of the molecule is Cc1ccc(CNC(=O)CCC(=O)OC(C)(C)C)cn1. The summed E-state index contributed by atoms with van der Waals surface area (Å²) < 4.78 is 5.14. The Morgan fingerprint density at radius 3 is 2.50 bits per heavy atom. The minimum Gasteiger partial charge on any atom is -0.460 e. The van der Waals surface area contributed by atoms with Crippen molar-refractivity contribution in [2.24, 2.45) is 0 Å². The van der Waals surface area contributed by atoms with Crippen LogP contribution in [0.5, 0.6) is 0 Å². The number of ether oxygens (including phenoxy) is 1. The second-order valence-electron chi connectivity index (χ2n) is 5.67. The van der Waals surface area contributed by atoms with Gasteiger partial charge in [-0.15, -0.1) is 0 Å². The predicted octanol–water partition coefficient (Wildman–Crippen LogP) is 2.13. The van der Waals surface area contributed by atoms with E-state index in [1.165, 1.54) is 0 Å². The third-order valence-electron chi connectivity index (χ3n) is 2.44. The van der Waals surface area contributed by atoms with Crippen LogP contribution in [0, 0.1) is 6.92 Å². The van der Waals surface area contributed by atoms with E-state index in [4.69, 9.17) is 4.74 Å². The van der Waals surface area contributed by atoms with Crippen LogP contribution in [0.1, 0.15) is 44.9 Å². The van der Waals surface area contributed by atoms with Crippen molar-refractivity contribution in [2.45, 2.75) is 52.7 Å². The molecule has 0 unspecified atom stereocenters. The Labute approximate surface area is 119 Å². The van der Waals surface area contributed by atoms with E-state index in [1.54, 1.807) is 27.0 Å². The maximum absolute atomic E-state index is 11.6. The molecule has 1 aromatic heterocycles. The molecular weight excluding hydrogens is 256 g/mol. The van der Waals surface area contributed by atoms with Gasteiger partial charge in [-0.05, 0) is 39.3 Å². The molecular formula is C15H22N2O3. The summed E-state index contributed by atoms with van der Waals surface area (Å²) in [4.78, 5) is 27.2. The Hall–Kier alpha value is -1.91. The number of esters is 1. The Bertz CT molecular complexity index is 461. The number of carbonyl (C=O) groups excluding carboxylic acids is 2. The summed E-state index contributed by atoms with van der Waals surface area (Å²) >= 11 is 0. The summed E-state index contributed by atoms with van der Waals surface area (Å²) in [5.41, 5.74) is 1.35. The molecule has 1 heterocycles. The average molecular weight is 278 g/mol. The number of aromatic nitrogens is 1. The molecule has 5 heteroatoms. The Balaban J connectivity index is 2.27. The van der Waals surface area contributed by atoms with Crippen molar-refractivity contribution >= 4 is 11.9 Å². The van der Waals surface area contributed by atoms with Crippen molar-refractivity contribution in [1.29, 1.82) is 0 Å². The molecule has 0 fully saturated rings. The normalized spacial score (nSPS) is 11.0. The van der Waals surface area contributed by atoms with Gasteiger partial charge in [0.2, 0.25) is 5.91 Å². The minimum atomic E-state index is -0.513. The molecule has 0 spiro atoms. The fraction of sp³-hybridized carbons (Fsp3) is 0.533. The molecule has 1 rings (SSSR count). The highest BCUT2D eigenvalue weighted by molar-refractivity contribution is 5.81. The van der Waals surface area contributed by atoms with Crippen LogP contribution >= 0.6 is 0 Å². The van der Waals surface area contributed by atoms with Gasteiger partial charge in [0.15, 0.2) is 0 Å². The number of hydrogen-bond acceptors (Lipinski definition) is 4. The smallest absolute Gasteiger partial charge is 0.306 e. The van der Waals surface area contributed by atoms with E-state index in [2.05, 4.69) is 10.3 Å². The molecule has 0 radical (unpaired) electrons. The highest BCUT2D eigenvalue weighted by atomic mass is 16.6. The molecule has 0 saturated heterocycles. The first kappa shape index (κ1) is 16.1. The average Bonchev–Trinajstić information content (AvgIpc) is 2.33. The van der Waals surface area contributed by atoms with Gasteiger partial charge >= 0.3 is 5.97 Å². The maximum atomic E-state index is 11.6. The fourth-order valence-electron chi connectivity index (χ4n) is 1.50. The van der Waals surface area contributed by atoms with Crippen LogP contribution < -0.4 is 5.32 Å². The van der Waals surface area contributed by atoms with Crippen molar-refractivity contribution in [1.82, 2.24) is 10.3 Å². The zero-order valence-electron chi connectivity index (χ0n) is 12.5. The van der Waals surface area contributed by atoms with Crippen molar-refractivity contribution in [3.63, 3.8) is 0 Å². The molecule has 1 amide bonds. The number of rotatable bonds is 5. The molecule has 0 aliphatic heterocycles. The third kappa shape index (κ3) is 6.87. The summed E-state index contributed by atoms with van der Waals surface area (Å²) in [5.74, 6) is -0.527.